The number of benzene rings is 2. The van der Waals surface area contributed by atoms with E-state index in [0.29, 0.717) is 16.3 Å². The van der Waals surface area contributed by atoms with Gasteiger partial charge in [0.25, 0.3) is 5.91 Å². The van der Waals surface area contributed by atoms with Crippen molar-refractivity contribution in [2.75, 3.05) is 11.9 Å². The SMILES string of the molecule is CC(C)C(=O)Nc1ccc(Cl)c(C(=O)NCC(N)c2ccccc2)c1.Cl. The van der Waals surface area contributed by atoms with E-state index >= 15 is 0 Å². The second-order valence-corrected chi connectivity index (χ2v) is 6.47. The third kappa shape index (κ3) is 6.02. The Hall–Kier alpha value is -2.08. The number of carbonyl (C=O) groups is 2. The summed E-state index contributed by atoms with van der Waals surface area (Å²) in [4.78, 5) is 24.2. The predicted molar refractivity (Wildman–Crippen MR) is 108 cm³/mol. The van der Waals surface area contributed by atoms with E-state index in [0.717, 1.165) is 5.56 Å². The van der Waals surface area contributed by atoms with E-state index in [9.17, 15) is 9.59 Å². The van der Waals surface area contributed by atoms with E-state index in [1.807, 2.05) is 30.3 Å². The number of hydrogen-bond acceptors (Lipinski definition) is 3. The van der Waals surface area contributed by atoms with Crippen molar-refractivity contribution in [1.29, 1.82) is 0 Å². The summed E-state index contributed by atoms with van der Waals surface area (Å²) >= 11 is 6.12. The van der Waals surface area contributed by atoms with Crippen molar-refractivity contribution in [3.05, 3.63) is 64.7 Å². The summed E-state index contributed by atoms with van der Waals surface area (Å²) in [5.41, 5.74) is 7.84. The normalized spacial score (nSPS) is 11.4. The van der Waals surface area contributed by atoms with Gasteiger partial charge >= 0.3 is 0 Å². The molecule has 0 aliphatic carbocycles. The predicted octanol–water partition coefficient (Wildman–Crippen LogP) is 3.79. The van der Waals surface area contributed by atoms with Crippen molar-refractivity contribution in [3.63, 3.8) is 0 Å². The molecule has 0 fully saturated rings. The first kappa shape index (κ1) is 22.0. The first-order valence-corrected chi connectivity index (χ1v) is 8.45. The molecule has 26 heavy (non-hydrogen) atoms. The Labute approximate surface area is 164 Å². The summed E-state index contributed by atoms with van der Waals surface area (Å²) in [6, 6.07) is 14.0. The van der Waals surface area contributed by atoms with Gasteiger partial charge in [-0.05, 0) is 23.8 Å². The maximum atomic E-state index is 12.4. The molecular formula is C19H23Cl2N3O2. The summed E-state index contributed by atoms with van der Waals surface area (Å²) in [5.74, 6) is -0.617. The monoisotopic (exact) mass is 395 g/mol. The Morgan fingerprint density at radius 2 is 1.77 bits per heavy atom. The molecule has 2 aromatic carbocycles. The van der Waals surface area contributed by atoms with Crippen molar-refractivity contribution in [3.8, 4) is 0 Å². The van der Waals surface area contributed by atoms with Gasteiger partial charge in [0.2, 0.25) is 5.91 Å². The van der Waals surface area contributed by atoms with Gasteiger partial charge in [-0.25, -0.2) is 0 Å². The Bertz CT molecular complexity index is 752. The Kier molecular flexibility index (Phi) is 8.58. The number of amides is 2. The lowest BCUT2D eigenvalue weighted by molar-refractivity contribution is -0.118. The van der Waals surface area contributed by atoms with E-state index in [2.05, 4.69) is 10.6 Å². The molecular weight excluding hydrogens is 373 g/mol. The highest BCUT2D eigenvalue weighted by molar-refractivity contribution is 6.34. The third-order valence-corrected chi connectivity index (χ3v) is 4.04. The van der Waals surface area contributed by atoms with Crippen LogP contribution in [0.3, 0.4) is 0 Å². The van der Waals surface area contributed by atoms with E-state index in [-0.39, 0.29) is 42.7 Å². The summed E-state index contributed by atoms with van der Waals surface area (Å²) in [6.07, 6.45) is 0. The average molecular weight is 396 g/mol. The molecule has 0 heterocycles. The van der Waals surface area contributed by atoms with Crippen LogP contribution in [0.4, 0.5) is 5.69 Å². The molecule has 140 valence electrons. The topological polar surface area (TPSA) is 84.2 Å². The molecule has 2 aromatic rings. The van der Waals surface area contributed by atoms with Crippen molar-refractivity contribution in [2.45, 2.75) is 19.9 Å². The number of nitrogens with two attached hydrogens (primary N) is 1. The van der Waals surface area contributed by atoms with Crippen LogP contribution in [0, 0.1) is 5.92 Å². The first-order chi connectivity index (χ1) is 11.9. The quantitative estimate of drug-likeness (QED) is 0.695. The van der Waals surface area contributed by atoms with Gasteiger partial charge in [0, 0.05) is 24.2 Å². The molecule has 0 spiro atoms. The molecule has 0 saturated heterocycles. The fraction of sp³-hybridized carbons (Fsp3) is 0.263. The maximum absolute atomic E-state index is 12.4. The van der Waals surface area contributed by atoms with E-state index < -0.39 is 0 Å². The lowest BCUT2D eigenvalue weighted by atomic mass is 10.1. The second kappa shape index (κ2) is 10.2. The zero-order chi connectivity index (χ0) is 18.4. The summed E-state index contributed by atoms with van der Waals surface area (Å²) in [7, 11) is 0. The van der Waals surface area contributed by atoms with E-state index in [4.69, 9.17) is 17.3 Å². The van der Waals surface area contributed by atoms with E-state index in [1.54, 1.807) is 32.0 Å². The average Bonchev–Trinajstić information content (AvgIpc) is 2.61. The third-order valence-electron chi connectivity index (χ3n) is 3.71. The molecule has 1 unspecified atom stereocenters. The van der Waals surface area contributed by atoms with Gasteiger partial charge in [-0.1, -0.05) is 55.8 Å². The highest BCUT2D eigenvalue weighted by Gasteiger charge is 2.15. The molecule has 0 aliphatic rings. The van der Waals surface area contributed by atoms with Crippen molar-refractivity contribution < 1.29 is 9.59 Å². The van der Waals surface area contributed by atoms with Crippen molar-refractivity contribution in [2.24, 2.45) is 11.7 Å². The Morgan fingerprint density at radius 1 is 1.12 bits per heavy atom. The Balaban J connectivity index is 0.00000338. The Morgan fingerprint density at radius 3 is 2.38 bits per heavy atom. The van der Waals surface area contributed by atoms with Crippen LogP contribution in [0.25, 0.3) is 0 Å². The second-order valence-electron chi connectivity index (χ2n) is 6.07. The largest absolute Gasteiger partial charge is 0.350 e. The number of carbonyl (C=O) groups excluding carboxylic acids is 2. The minimum absolute atomic E-state index is 0. The highest BCUT2D eigenvalue weighted by atomic mass is 35.5. The highest BCUT2D eigenvalue weighted by Crippen LogP contribution is 2.21. The van der Waals surface area contributed by atoms with Crippen LogP contribution >= 0.6 is 24.0 Å². The molecule has 0 aromatic heterocycles. The van der Waals surface area contributed by atoms with Crippen LogP contribution < -0.4 is 16.4 Å². The lowest BCUT2D eigenvalue weighted by Gasteiger charge is -2.14. The molecule has 0 saturated carbocycles. The van der Waals surface area contributed by atoms with Crippen LogP contribution in [-0.4, -0.2) is 18.4 Å². The molecule has 7 heteroatoms. The molecule has 0 bridgehead atoms. The number of rotatable bonds is 6. The minimum atomic E-state index is -0.336. The van der Waals surface area contributed by atoms with Crippen LogP contribution in [0.5, 0.6) is 0 Å². The molecule has 2 rings (SSSR count). The van der Waals surface area contributed by atoms with E-state index in [1.165, 1.54) is 0 Å². The summed E-state index contributed by atoms with van der Waals surface area (Å²) in [5, 5.41) is 5.85. The van der Waals surface area contributed by atoms with Crippen LogP contribution in [0.2, 0.25) is 5.02 Å². The molecule has 1 atom stereocenters. The zero-order valence-electron chi connectivity index (χ0n) is 14.7. The fourth-order valence-electron chi connectivity index (χ4n) is 2.18. The number of hydrogen-bond donors (Lipinski definition) is 3. The smallest absolute Gasteiger partial charge is 0.252 e. The van der Waals surface area contributed by atoms with Crippen LogP contribution in [0.1, 0.15) is 35.8 Å². The van der Waals surface area contributed by atoms with Gasteiger partial charge in [-0.15, -0.1) is 12.4 Å². The van der Waals surface area contributed by atoms with Crippen molar-refractivity contribution in [1.82, 2.24) is 5.32 Å². The molecule has 2 amide bonds. The number of anilines is 1. The molecule has 0 radical (unpaired) electrons. The lowest BCUT2D eigenvalue weighted by Crippen LogP contribution is -2.32. The summed E-state index contributed by atoms with van der Waals surface area (Å²) in [6.45, 7) is 3.87. The van der Waals surface area contributed by atoms with Gasteiger partial charge in [-0.3, -0.25) is 9.59 Å². The van der Waals surface area contributed by atoms with Crippen LogP contribution in [0.15, 0.2) is 48.5 Å². The van der Waals surface area contributed by atoms with Gasteiger partial charge in [0.05, 0.1) is 10.6 Å². The molecule has 4 N–H and O–H groups in total. The number of halogens is 2. The minimum Gasteiger partial charge on any atom is -0.350 e. The van der Waals surface area contributed by atoms with Gasteiger partial charge in [0.1, 0.15) is 0 Å². The first-order valence-electron chi connectivity index (χ1n) is 8.07. The maximum Gasteiger partial charge on any atom is 0.252 e. The molecule has 0 aliphatic heterocycles. The van der Waals surface area contributed by atoms with Gasteiger partial charge < -0.3 is 16.4 Å². The van der Waals surface area contributed by atoms with Crippen LogP contribution in [-0.2, 0) is 4.79 Å². The zero-order valence-corrected chi connectivity index (χ0v) is 16.2. The van der Waals surface area contributed by atoms with Gasteiger partial charge in [-0.2, -0.15) is 0 Å². The molecule has 5 nitrogen and oxygen atoms in total. The van der Waals surface area contributed by atoms with Crippen molar-refractivity contribution >= 4 is 41.5 Å². The van der Waals surface area contributed by atoms with Gasteiger partial charge in [0.15, 0.2) is 0 Å². The standard InChI is InChI=1S/C19H22ClN3O2.ClH/c1-12(2)18(24)23-14-8-9-16(20)15(10-14)19(25)22-11-17(21)13-6-4-3-5-7-13;/h3-10,12,17H,11,21H2,1-2H3,(H,22,25)(H,23,24);1H. The fourth-order valence-corrected chi connectivity index (χ4v) is 2.38. The number of nitrogens with one attached hydrogen (secondary N) is 2. The summed E-state index contributed by atoms with van der Waals surface area (Å²) < 4.78 is 0.